The Morgan fingerprint density at radius 1 is 0.955 bits per heavy atom. The quantitative estimate of drug-likeness (QED) is 0.574. The lowest BCUT2D eigenvalue weighted by molar-refractivity contribution is 0.0955. The summed E-state index contributed by atoms with van der Waals surface area (Å²) < 4.78 is 0. The number of fused-ring (bicyclic) bond motifs is 1. The van der Waals surface area contributed by atoms with Gasteiger partial charge in [-0.05, 0) is 35.0 Å². The molecular weight excluding hydrogens is 276 g/mol. The Bertz CT molecular complexity index is 856. The maximum absolute atomic E-state index is 12.1. The fourth-order valence-electron chi connectivity index (χ4n) is 2.15. The Morgan fingerprint density at radius 3 is 2.50 bits per heavy atom. The third-order valence-electron chi connectivity index (χ3n) is 3.32. The van der Waals surface area contributed by atoms with Crippen molar-refractivity contribution < 1.29 is 9.90 Å². The number of hydrazone groups is 1. The van der Waals surface area contributed by atoms with Gasteiger partial charge in [0, 0.05) is 11.1 Å². The molecule has 0 aliphatic rings. The number of nitrogens with one attached hydrogen (secondary N) is 1. The van der Waals surface area contributed by atoms with Gasteiger partial charge in [0.2, 0.25) is 0 Å². The summed E-state index contributed by atoms with van der Waals surface area (Å²) in [6.07, 6.45) is 1.41. The average molecular weight is 290 g/mol. The topological polar surface area (TPSA) is 61.7 Å². The van der Waals surface area contributed by atoms with E-state index in [0.29, 0.717) is 11.1 Å². The molecule has 0 bridgehead atoms. The number of carbonyl (C=O) groups is 1. The van der Waals surface area contributed by atoms with E-state index in [0.717, 1.165) is 10.8 Å². The van der Waals surface area contributed by atoms with Gasteiger partial charge < -0.3 is 5.11 Å². The number of benzene rings is 3. The predicted octanol–water partition coefficient (Wildman–Crippen LogP) is 3.31. The van der Waals surface area contributed by atoms with E-state index in [-0.39, 0.29) is 11.7 Å². The van der Waals surface area contributed by atoms with E-state index in [1.807, 2.05) is 36.4 Å². The van der Waals surface area contributed by atoms with Crippen molar-refractivity contribution in [2.45, 2.75) is 0 Å². The summed E-state index contributed by atoms with van der Waals surface area (Å²) in [4.78, 5) is 12.1. The summed E-state index contributed by atoms with van der Waals surface area (Å²) in [6.45, 7) is 0. The van der Waals surface area contributed by atoms with E-state index >= 15 is 0 Å². The lowest BCUT2D eigenvalue weighted by Crippen LogP contribution is -2.17. The van der Waals surface area contributed by atoms with Crippen LogP contribution in [0, 0.1) is 0 Å². The van der Waals surface area contributed by atoms with Gasteiger partial charge in [-0.3, -0.25) is 4.79 Å². The Balaban J connectivity index is 1.74. The van der Waals surface area contributed by atoms with Crippen LogP contribution in [-0.4, -0.2) is 17.2 Å². The Morgan fingerprint density at radius 2 is 1.68 bits per heavy atom. The SMILES string of the molecule is O=C(N/N=C\c1ccccc1O)c1ccc2ccccc2c1. The summed E-state index contributed by atoms with van der Waals surface area (Å²) in [5.74, 6) is -0.177. The molecule has 0 fully saturated rings. The lowest BCUT2D eigenvalue weighted by Gasteiger charge is -2.02. The first-order valence-electron chi connectivity index (χ1n) is 6.84. The van der Waals surface area contributed by atoms with Crippen molar-refractivity contribution in [3.63, 3.8) is 0 Å². The maximum Gasteiger partial charge on any atom is 0.271 e. The van der Waals surface area contributed by atoms with E-state index in [2.05, 4.69) is 10.5 Å². The van der Waals surface area contributed by atoms with Crippen molar-refractivity contribution in [1.29, 1.82) is 0 Å². The third kappa shape index (κ3) is 2.96. The molecule has 2 N–H and O–H groups in total. The van der Waals surface area contributed by atoms with E-state index in [1.54, 1.807) is 30.3 Å². The molecule has 22 heavy (non-hydrogen) atoms. The number of hydrogen-bond acceptors (Lipinski definition) is 3. The number of para-hydroxylation sites is 1. The minimum Gasteiger partial charge on any atom is -0.507 e. The summed E-state index contributed by atoms with van der Waals surface area (Å²) >= 11 is 0. The minimum atomic E-state index is -0.294. The van der Waals surface area contributed by atoms with Gasteiger partial charge in [0.05, 0.1) is 6.21 Å². The van der Waals surface area contributed by atoms with Crippen molar-refractivity contribution in [2.75, 3.05) is 0 Å². The van der Waals surface area contributed by atoms with E-state index in [1.165, 1.54) is 6.21 Å². The van der Waals surface area contributed by atoms with Gasteiger partial charge in [0.25, 0.3) is 5.91 Å². The standard InChI is InChI=1S/C18H14N2O2/c21-17-8-4-3-7-16(17)12-19-20-18(22)15-10-9-13-5-1-2-6-14(13)11-15/h1-12,21H,(H,20,22)/b19-12-. The fraction of sp³-hybridized carbons (Fsp3) is 0. The first kappa shape index (κ1) is 13.8. The first-order valence-corrected chi connectivity index (χ1v) is 6.84. The van der Waals surface area contributed by atoms with Crippen LogP contribution in [0.25, 0.3) is 10.8 Å². The fourth-order valence-corrected chi connectivity index (χ4v) is 2.15. The third-order valence-corrected chi connectivity index (χ3v) is 3.32. The van der Waals surface area contributed by atoms with E-state index in [4.69, 9.17) is 0 Å². The lowest BCUT2D eigenvalue weighted by atomic mass is 10.1. The normalized spacial score (nSPS) is 10.9. The molecule has 0 aliphatic carbocycles. The van der Waals surface area contributed by atoms with Gasteiger partial charge in [-0.25, -0.2) is 5.43 Å². The van der Waals surface area contributed by atoms with Gasteiger partial charge in [0.15, 0.2) is 0 Å². The molecule has 4 heteroatoms. The molecule has 0 unspecified atom stereocenters. The summed E-state index contributed by atoms with van der Waals surface area (Å²) in [5.41, 5.74) is 3.54. The first-order chi connectivity index (χ1) is 10.7. The number of nitrogens with zero attached hydrogens (tertiary/aromatic N) is 1. The number of hydrogen-bond donors (Lipinski definition) is 2. The zero-order valence-electron chi connectivity index (χ0n) is 11.7. The molecule has 0 heterocycles. The summed E-state index contributed by atoms with van der Waals surface area (Å²) in [6, 6.07) is 20.1. The van der Waals surface area contributed by atoms with Gasteiger partial charge in [-0.1, -0.05) is 42.5 Å². The zero-order chi connectivity index (χ0) is 15.4. The minimum absolute atomic E-state index is 0.117. The Labute approximate surface area is 127 Å². The second kappa shape index (κ2) is 6.10. The second-order valence-electron chi connectivity index (χ2n) is 4.82. The smallest absolute Gasteiger partial charge is 0.271 e. The summed E-state index contributed by atoms with van der Waals surface area (Å²) in [7, 11) is 0. The number of aromatic hydroxyl groups is 1. The molecule has 0 radical (unpaired) electrons. The van der Waals surface area contributed by atoms with Crippen LogP contribution in [0.5, 0.6) is 5.75 Å². The number of amides is 1. The molecule has 3 aromatic carbocycles. The summed E-state index contributed by atoms with van der Waals surface area (Å²) in [5, 5.41) is 15.6. The van der Waals surface area contributed by atoms with Gasteiger partial charge in [-0.15, -0.1) is 0 Å². The van der Waals surface area contributed by atoms with Crippen molar-refractivity contribution in [2.24, 2.45) is 5.10 Å². The highest BCUT2D eigenvalue weighted by Gasteiger charge is 2.05. The van der Waals surface area contributed by atoms with Crippen LogP contribution < -0.4 is 5.43 Å². The molecule has 0 spiro atoms. The predicted molar refractivity (Wildman–Crippen MR) is 87.1 cm³/mol. The highest BCUT2D eigenvalue weighted by molar-refractivity contribution is 5.99. The van der Waals surface area contributed by atoms with Crippen LogP contribution in [-0.2, 0) is 0 Å². The molecule has 0 aliphatic heterocycles. The van der Waals surface area contributed by atoms with Crippen molar-refractivity contribution in [1.82, 2.24) is 5.43 Å². The van der Waals surface area contributed by atoms with Crippen LogP contribution in [0.15, 0.2) is 71.8 Å². The Hall–Kier alpha value is -3.14. The highest BCUT2D eigenvalue weighted by atomic mass is 16.3. The monoisotopic (exact) mass is 290 g/mol. The van der Waals surface area contributed by atoms with E-state index < -0.39 is 0 Å². The van der Waals surface area contributed by atoms with Crippen LogP contribution >= 0.6 is 0 Å². The number of rotatable bonds is 3. The highest BCUT2D eigenvalue weighted by Crippen LogP contribution is 2.15. The molecule has 4 nitrogen and oxygen atoms in total. The van der Waals surface area contributed by atoms with Crippen LogP contribution in [0.4, 0.5) is 0 Å². The second-order valence-corrected chi connectivity index (χ2v) is 4.82. The molecule has 108 valence electrons. The van der Waals surface area contributed by atoms with E-state index in [9.17, 15) is 9.90 Å². The van der Waals surface area contributed by atoms with Crippen molar-refractivity contribution in [3.05, 3.63) is 77.9 Å². The molecule has 3 aromatic rings. The van der Waals surface area contributed by atoms with Gasteiger partial charge in [-0.2, -0.15) is 5.10 Å². The number of phenolic OH excluding ortho intramolecular Hbond substituents is 1. The number of phenols is 1. The van der Waals surface area contributed by atoms with Gasteiger partial charge in [0.1, 0.15) is 5.75 Å². The molecular formula is C18H14N2O2. The molecule has 1 amide bonds. The largest absolute Gasteiger partial charge is 0.507 e. The molecule has 3 rings (SSSR count). The van der Waals surface area contributed by atoms with Gasteiger partial charge >= 0.3 is 0 Å². The number of carbonyl (C=O) groups excluding carboxylic acids is 1. The van der Waals surface area contributed by atoms with Crippen molar-refractivity contribution in [3.8, 4) is 5.75 Å². The maximum atomic E-state index is 12.1. The average Bonchev–Trinajstić information content (AvgIpc) is 2.56. The zero-order valence-corrected chi connectivity index (χ0v) is 11.7. The molecule has 0 atom stereocenters. The van der Waals surface area contributed by atoms with Crippen molar-refractivity contribution >= 4 is 22.9 Å². The molecule has 0 saturated carbocycles. The van der Waals surface area contributed by atoms with Crippen LogP contribution in [0.1, 0.15) is 15.9 Å². The van der Waals surface area contributed by atoms with Crippen LogP contribution in [0.3, 0.4) is 0 Å². The Kier molecular flexibility index (Phi) is 3.83. The molecule has 0 saturated heterocycles. The van der Waals surface area contributed by atoms with Crippen LogP contribution in [0.2, 0.25) is 0 Å². The molecule has 0 aromatic heterocycles.